The minimum absolute atomic E-state index is 0.0732. The summed E-state index contributed by atoms with van der Waals surface area (Å²) in [5.41, 5.74) is -3.85. The average Bonchev–Trinajstić information content (AvgIpc) is 2.62. The summed E-state index contributed by atoms with van der Waals surface area (Å²) in [6, 6.07) is -1.55. The number of nitrogens with zero attached hydrogens (tertiary/aromatic N) is 1. The number of amides is 3. The minimum atomic E-state index is -5.43. The Morgan fingerprint density at radius 2 is 1.80 bits per heavy atom. The van der Waals surface area contributed by atoms with Crippen LogP contribution in [0.2, 0.25) is 0 Å². The van der Waals surface area contributed by atoms with Crippen molar-refractivity contribution >= 4 is 23.9 Å². The molecule has 20 heavy (non-hydrogen) atoms. The first-order valence-electron chi connectivity index (χ1n) is 4.98. The van der Waals surface area contributed by atoms with Crippen molar-refractivity contribution in [3.8, 4) is 0 Å². The van der Waals surface area contributed by atoms with Gasteiger partial charge < -0.3 is 14.8 Å². The van der Waals surface area contributed by atoms with E-state index in [0.29, 0.717) is 7.11 Å². The molecule has 11 heteroatoms. The zero-order valence-electron chi connectivity index (χ0n) is 10.2. The fourth-order valence-corrected chi connectivity index (χ4v) is 1.51. The van der Waals surface area contributed by atoms with Crippen molar-refractivity contribution in [1.82, 2.24) is 10.2 Å². The number of nitrogens with one attached hydrogen (secondary N) is 1. The lowest BCUT2D eigenvalue weighted by Crippen LogP contribution is -2.64. The van der Waals surface area contributed by atoms with E-state index in [0.717, 1.165) is 7.11 Å². The lowest BCUT2D eigenvalue weighted by atomic mass is 9.99. The molecule has 0 aromatic carbocycles. The van der Waals surface area contributed by atoms with Crippen LogP contribution in [0.15, 0.2) is 0 Å². The van der Waals surface area contributed by atoms with Crippen LogP contribution in [-0.4, -0.2) is 61.3 Å². The molecule has 0 saturated carbocycles. The van der Waals surface area contributed by atoms with Gasteiger partial charge in [-0.25, -0.2) is 9.59 Å². The number of carbonyl (C=O) groups excluding carboxylic acids is 4. The Kier molecular flexibility index (Phi) is 3.92. The minimum Gasteiger partial charge on any atom is -0.468 e. The van der Waals surface area contributed by atoms with Gasteiger partial charge in [0, 0.05) is 0 Å². The molecule has 0 radical (unpaired) electrons. The van der Waals surface area contributed by atoms with Crippen LogP contribution in [0, 0.1) is 0 Å². The van der Waals surface area contributed by atoms with E-state index in [2.05, 4.69) is 9.47 Å². The highest BCUT2D eigenvalue weighted by molar-refractivity contribution is 6.20. The summed E-state index contributed by atoms with van der Waals surface area (Å²) < 4.78 is 47.0. The number of methoxy groups -OCH3 is 2. The summed E-state index contributed by atoms with van der Waals surface area (Å²) in [5.74, 6) is -5.08. The molecule has 1 heterocycles. The molecule has 0 aromatic heterocycles. The van der Waals surface area contributed by atoms with Gasteiger partial charge in [-0.15, -0.1) is 0 Å². The molecule has 112 valence electrons. The maximum Gasteiger partial charge on any atom is 0.431 e. The van der Waals surface area contributed by atoms with Gasteiger partial charge in [-0.2, -0.15) is 13.2 Å². The molecule has 1 aliphatic heterocycles. The van der Waals surface area contributed by atoms with E-state index in [-0.39, 0.29) is 4.90 Å². The van der Waals surface area contributed by atoms with Crippen molar-refractivity contribution in [1.29, 1.82) is 0 Å². The normalized spacial score (nSPS) is 22.6. The first-order valence-corrected chi connectivity index (χ1v) is 4.98. The van der Waals surface area contributed by atoms with E-state index in [1.165, 1.54) is 5.32 Å². The van der Waals surface area contributed by atoms with E-state index in [1.54, 1.807) is 0 Å². The fourth-order valence-electron chi connectivity index (χ4n) is 1.51. The topological polar surface area (TPSA) is 102 Å². The summed E-state index contributed by atoms with van der Waals surface area (Å²) in [6.07, 6.45) is -5.43. The Bertz CT molecular complexity index is 477. The van der Waals surface area contributed by atoms with Crippen LogP contribution in [0.3, 0.4) is 0 Å². The fraction of sp³-hybridized carbons (Fsp3) is 0.556. The SMILES string of the molecule is COC(=O)CN1C(=O)NC(C(=O)OC)(C(F)(F)F)C1=O. The lowest BCUT2D eigenvalue weighted by Gasteiger charge is -2.25. The summed E-state index contributed by atoms with van der Waals surface area (Å²) in [7, 11) is 1.54. The number of carbonyl (C=O) groups is 4. The van der Waals surface area contributed by atoms with Crippen molar-refractivity contribution in [3.05, 3.63) is 0 Å². The summed E-state index contributed by atoms with van der Waals surface area (Å²) in [6.45, 7) is -1.06. The van der Waals surface area contributed by atoms with Crippen LogP contribution in [0.1, 0.15) is 0 Å². The summed E-state index contributed by atoms with van der Waals surface area (Å²) >= 11 is 0. The largest absolute Gasteiger partial charge is 0.468 e. The van der Waals surface area contributed by atoms with Gasteiger partial charge >= 0.3 is 29.7 Å². The third-order valence-electron chi connectivity index (χ3n) is 2.54. The molecule has 8 nitrogen and oxygen atoms in total. The monoisotopic (exact) mass is 298 g/mol. The predicted molar refractivity (Wildman–Crippen MR) is 53.1 cm³/mol. The number of urea groups is 1. The molecule has 1 aliphatic rings. The highest BCUT2D eigenvalue weighted by Crippen LogP contribution is 2.36. The van der Waals surface area contributed by atoms with Crippen molar-refractivity contribution in [3.63, 3.8) is 0 Å². The Labute approximate surface area is 109 Å². The van der Waals surface area contributed by atoms with E-state index >= 15 is 0 Å². The van der Waals surface area contributed by atoms with Crippen molar-refractivity contribution < 1.29 is 41.8 Å². The molecule has 1 atom stereocenters. The molecule has 0 bridgehead atoms. The smallest absolute Gasteiger partial charge is 0.431 e. The van der Waals surface area contributed by atoms with Gasteiger partial charge in [0.25, 0.3) is 5.91 Å². The highest BCUT2D eigenvalue weighted by Gasteiger charge is 2.73. The van der Waals surface area contributed by atoms with Gasteiger partial charge in [0.2, 0.25) is 0 Å². The van der Waals surface area contributed by atoms with E-state index in [4.69, 9.17) is 0 Å². The van der Waals surface area contributed by atoms with Crippen LogP contribution >= 0.6 is 0 Å². The van der Waals surface area contributed by atoms with Crippen molar-refractivity contribution in [2.24, 2.45) is 0 Å². The van der Waals surface area contributed by atoms with Gasteiger partial charge in [0.15, 0.2) is 0 Å². The number of ether oxygens (including phenoxy) is 2. The summed E-state index contributed by atoms with van der Waals surface area (Å²) in [4.78, 5) is 45.4. The number of alkyl halides is 3. The first-order chi connectivity index (χ1) is 9.11. The van der Waals surface area contributed by atoms with Gasteiger partial charge in [0.05, 0.1) is 14.2 Å². The maximum absolute atomic E-state index is 13.0. The molecule has 0 spiro atoms. The number of rotatable bonds is 3. The molecular formula is C9H9F3N2O6. The number of halogens is 3. The van der Waals surface area contributed by atoms with Crippen LogP contribution in [0.4, 0.5) is 18.0 Å². The second-order valence-corrected chi connectivity index (χ2v) is 3.64. The number of esters is 2. The van der Waals surface area contributed by atoms with Gasteiger partial charge in [0.1, 0.15) is 6.54 Å². The van der Waals surface area contributed by atoms with Gasteiger partial charge in [-0.05, 0) is 0 Å². The van der Waals surface area contributed by atoms with E-state index < -0.39 is 42.1 Å². The van der Waals surface area contributed by atoms with Gasteiger partial charge in [-0.3, -0.25) is 14.5 Å². The molecule has 1 N–H and O–H groups in total. The molecule has 1 fully saturated rings. The highest BCUT2D eigenvalue weighted by atomic mass is 19.4. The van der Waals surface area contributed by atoms with Crippen molar-refractivity contribution in [2.45, 2.75) is 11.7 Å². The lowest BCUT2D eigenvalue weighted by molar-refractivity contribution is -0.207. The second-order valence-electron chi connectivity index (χ2n) is 3.64. The van der Waals surface area contributed by atoms with E-state index in [9.17, 15) is 32.3 Å². The maximum atomic E-state index is 13.0. The Morgan fingerprint density at radius 3 is 2.20 bits per heavy atom. The van der Waals surface area contributed by atoms with E-state index in [1.807, 2.05) is 0 Å². The van der Waals surface area contributed by atoms with Gasteiger partial charge in [-0.1, -0.05) is 0 Å². The zero-order chi connectivity index (χ0) is 15.7. The Hall–Kier alpha value is -2.33. The molecule has 0 aromatic rings. The predicted octanol–water partition coefficient (Wildman–Crippen LogP) is -0.815. The third kappa shape index (κ3) is 2.14. The Morgan fingerprint density at radius 1 is 1.25 bits per heavy atom. The standard InChI is InChI=1S/C9H9F3N2O6/c1-19-4(15)3-14-5(16)8(6(17)20-2,9(10,11)12)13-7(14)18/h3H2,1-2H3,(H,13,18). The average molecular weight is 298 g/mol. The number of imide groups is 1. The molecule has 0 aliphatic carbocycles. The number of hydrogen-bond donors (Lipinski definition) is 1. The summed E-state index contributed by atoms with van der Waals surface area (Å²) in [5, 5.41) is 1.22. The molecule has 1 saturated heterocycles. The van der Waals surface area contributed by atoms with Crippen LogP contribution < -0.4 is 5.32 Å². The molecule has 1 unspecified atom stereocenters. The van der Waals surface area contributed by atoms with Crippen molar-refractivity contribution in [2.75, 3.05) is 20.8 Å². The molecular weight excluding hydrogens is 289 g/mol. The molecule has 1 rings (SSSR count). The van der Waals surface area contributed by atoms with Crippen LogP contribution in [0.25, 0.3) is 0 Å². The number of hydrogen-bond acceptors (Lipinski definition) is 6. The zero-order valence-corrected chi connectivity index (χ0v) is 10.2. The molecule has 3 amide bonds. The van der Waals surface area contributed by atoms with Crippen LogP contribution in [0.5, 0.6) is 0 Å². The second kappa shape index (κ2) is 4.98. The van der Waals surface area contributed by atoms with Crippen LogP contribution in [-0.2, 0) is 23.9 Å². The third-order valence-corrected chi connectivity index (χ3v) is 2.54. The first kappa shape index (κ1) is 15.7. The quantitative estimate of drug-likeness (QED) is 0.415. The Balaban J connectivity index is 3.24.